The largest absolute Gasteiger partial charge is 0.497 e. The molecule has 0 spiro atoms. The standard InChI is InChI=1S/C26H27N5O3S/c1-30-11-9-28-23(30)6-7-24(32)31-10-8-18-21(14-27)26(35-22(18)15-31)29-25(33)20-13-19(20)16-4-3-5-17(12-16)34-2/h3-5,9,11-12,19-20H,6-8,10,13,15H2,1-2H3,(H,29,33). The molecular weight excluding hydrogens is 462 g/mol. The van der Waals surface area contributed by atoms with E-state index in [2.05, 4.69) is 16.4 Å². The van der Waals surface area contributed by atoms with Crippen molar-refractivity contribution >= 4 is 28.2 Å². The minimum atomic E-state index is -0.114. The lowest BCUT2D eigenvalue weighted by molar-refractivity contribution is -0.132. The van der Waals surface area contributed by atoms with Crippen LogP contribution in [0.1, 0.15) is 46.2 Å². The summed E-state index contributed by atoms with van der Waals surface area (Å²) in [6, 6.07) is 10.1. The highest BCUT2D eigenvalue weighted by Gasteiger charge is 2.44. The lowest BCUT2D eigenvalue weighted by Crippen LogP contribution is -2.35. The van der Waals surface area contributed by atoms with Crippen molar-refractivity contribution in [2.75, 3.05) is 19.0 Å². The second kappa shape index (κ2) is 9.55. The van der Waals surface area contributed by atoms with Crippen LogP contribution >= 0.6 is 11.3 Å². The second-order valence-electron chi connectivity index (χ2n) is 9.05. The fourth-order valence-corrected chi connectivity index (χ4v) is 5.98. The third-order valence-corrected chi connectivity index (χ3v) is 8.02. The van der Waals surface area contributed by atoms with E-state index in [1.807, 2.05) is 47.0 Å². The lowest BCUT2D eigenvalue weighted by Gasteiger charge is -2.27. The van der Waals surface area contributed by atoms with Crippen molar-refractivity contribution in [1.29, 1.82) is 5.26 Å². The number of aryl methyl sites for hydroxylation is 2. The number of imidazole rings is 1. The third-order valence-electron chi connectivity index (χ3n) is 6.89. The van der Waals surface area contributed by atoms with E-state index in [0.717, 1.165) is 34.0 Å². The monoisotopic (exact) mass is 489 g/mol. The van der Waals surface area contributed by atoms with Crippen LogP contribution < -0.4 is 10.1 Å². The number of carbonyl (C=O) groups is 2. The molecular formula is C26H27N5O3S. The van der Waals surface area contributed by atoms with E-state index in [9.17, 15) is 14.9 Å². The molecule has 0 saturated heterocycles. The second-order valence-corrected chi connectivity index (χ2v) is 10.2. The molecule has 3 heterocycles. The van der Waals surface area contributed by atoms with Gasteiger partial charge in [-0.05, 0) is 42.0 Å². The van der Waals surface area contributed by atoms with Gasteiger partial charge < -0.3 is 19.5 Å². The van der Waals surface area contributed by atoms with Gasteiger partial charge in [0.05, 0.1) is 19.2 Å². The number of aromatic nitrogens is 2. The number of anilines is 1. The topological polar surface area (TPSA) is 100 Å². The molecule has 180 valence electrons. The molecule has 1 aliphatic heterocycles. The molecule has 2 amide bonds. The van der Waals surface area contributed by atoms with Gasteiger partial charge in [-0.2, -0.15) is 5.26 Å². The predicted octanol–water partition coefficient (Wildman–Crippen LogP) is 3.62. The molecule has 2 unspecified atom stereocenters. The molecule has 2 aromatic heterocycles. The Balaban J connectivity index is 1.23. The zero-order valence-electron chi connectivity index (χ0n) is 19.8. The Kier molecular flexibility index (Phi) is 6.31. The number of carbonyl (C=O) groups excluding carboxylic acids is 2. The summed E-state index contributed by atoms with van der Waals surface area (Å²) < 4.78 is 7.22. The van der Waals surface area contributed by atoms with E-state index >= 15 is 0 Å². The lowest BCUT2D eigenvalue weighted by atomic mass is 10.0. The van der Waals surface area contributed by atoms with Crippen LogP contribution in [0, 0.1) is 17.2 Å². The van der Waals surface area contributed by atoms with E-state index in [-0.39, 0.29) is 23.7 Å². The van der Waals surface area contributed by atoms with Gasteiger partial charge in [0.25, 0.3) is 0 Å². The molecule has 0 radical (unpaired) electrons. The van der Waals surface area contributed by atoms with Crippen LogP contribution in [-0.4, -0.2) is 39.9 Å². The summed E-state index contributed by atoms with van der Waals surface area (Å²) in [6.45, 7) is 1.05. The maximum atomic E-state index is 13.0. The number of nitrogens with zero attached hydrogens (tertiary/aromatic N) is 4. The van der Waals surface area contributed by atoms with Crippen molar-refractivity contribution in [3.8, 4) is 11.8 Å². The van der Waals surface area contributed by atoms with Gasteiger partial charge in [-0.25, -0.2) is 4.98 Å². The number of benzene rings is 1. The fourth-order valence-electron chi connectivity index (χ4n) is 4.77. The summed E-state index contributed by atoms with van der Waals surface area (Å²) in [5.74, 6) is 1.74. The summed E-state index contributed by atoms with van der Waals surface area (Å²) in [6.07, 6.45) is 6.00. The van der Waals surface area contributed by atoms with Crippen molar-refractivity contribution in [2.45, 2.75) is 38.1 Å². The van der Waals surface area contributed by atoms with Gasteiger partial charge in [0.15, 0.2) is 0 Å². The van der Waals surface area contributed by atoms with E-state index in [1.54, 1.807) is 13.3 Å². The first kappa shape index (κ1) is 23.1. The van der Waals surface area contributed by atoms with Crippen molar-refractivity contribution in [3.63, 3.8) is 0 Å². The normalized spacial score (nSPS) is 18.5. The number of hydrogen-bond donors (Lipinski definition) is 1. The predicted molar refractivity (Wildman–Crippen MR) is 132 cm³/mol. The molecule has 2 atom stereocenters. The van der Waals surface area contributed by atoms with E-state index < -0.39 is 0 Å². The molecule has 1 N–H and O–H groups in total. The van der Waals surface area contributed by atoms with Crippen LogP contribution in [0.15, 0.2) is 36.7 Å². The van der Waals surface area contributed by atoms with Crippen molar-refractivity contribution in [3.05, 3.63) is 64.1 Å². The van der Waals surface area contributed by atoms with Gasteiger partial charge in [-0.15, -0.1) is 11.3 Å². The molecule has 0 bridgehead atoms. The van der Waals surface area contributed by atoms with E-state index in [0.29, 0.717) is 42.9 Å². The zero-order valence-corrected chi connectivity index (χ0v) is 20.6. The fraction of sp³-hybridized carbons (Fsp3) is 0.385. The Hall–Kier alpha value is -3.64. The number of methoxy groups -OCH3 is 1. The molecule has 1 aliphatic carbocycles. The Labute approximate surface area is 208 Å². The SMILES string of the molecule is COc1cccc(C2CC2C(=O)Nc2sc3c(c2C#N)CCN(C(=O)CCc2nccn2C)C3)c1. The first-order valence-electron chi connectivity index (χ1n) is 11.7. The Morgan fingerprint density at radius 1 is 1.37 bits per heavy atom. The van der Waals surface area contributed by atoms with Gasteiger partial charge in [-0.1, -0.05) is 12.1 Å². The molecule has 1 fully saturated rings. The van der Waals surface area contributed by atoms with Crippen LogP contribution in [0.25, 0.3) is 0 Å². The Bertz CT molecular complexity index is 1320. The summed E-state index contributed by atoms with van der Waals surface area (Å²) >= 11 is 1.42. The minimum Gasteiger partial charge on any atom is -0.497 e. The van der Waals surface area contributed by atoms with Crippen LogP contribution in [0.4, 0.5) is 5.00 Å². The summed E-state index contributed by atoms with van der Waals surface area (Å²) in [5, 5.41) is 13.4. The Morgan fingerprint density at radius 2 is 2.23 bits per heavy atom. The van der Waals surface area contributed by atoms with Gasteiger partial charge in [0.1, 0.15) is 22.6 Å². The number of nitriles is 1. The first-order valence-corrected chi connectivity index (χ1v) is 12.5. The number of hydrogen-bond acceptors (Lipinski definition) is 6. The Morgan fingerprint density at radius 3 is 2.97 bits per heavy atom. The number of amides is 2. The van der Waals surface area contributed by atoms with E-state index in [1.165, 1.54) is 11.3 Å². The molecule has 1 saturated carbocycles. The van der Waals surface area contributed by atoms with Crippen LogP contribution in [0.2, 0.25) is 0 Å². The average Bonchev–Trinajstić information content (AvgIpc) is 3.47. The summed E-state index contributed by atoms with van der Waals surface area (Å²) in [7, 11) is 3.55. The highest BCUT2D eigenvalue weighted by atomic mass is 32.1. The van der Waals surface area contributed by atoms with Crippen LogP contribution in [0.3, 0.4) is 0 Å². The molecule has 8 nitrogen and oxygen atoms in total. The molecule has 5 rings (SSSR count). The molecule has 1 aromatic carbocycles. The molecule has 2 aliphatic rings. The van der Waals surface area contributed by atoms with Gasteiger partial charge in [0, 0.05) is 49.6 Å². The number of fused-ring (bicyclic) bond motifs is 1. The van der Waals surface area contributed by atoms with Crippen molar-refractivity contribution in [2.24, 2.45) is 13.0 Å². The van der Waals surface area contributed by atoms with Gasteiger partial charge in [-0.3, -0.25) is 9.59 Å². The van der Waals surface area contributed by atoms with Gasteiger partial charge in [0.2, 0.25) is 11.8 Å². The number of rotatable bonds is 7. The number of thiophene rings is 1. The van der Waals surface area contributed by atoms with Crippen molar-refractivity contribution < 1.29 is 14.3 Å². The highest BCUT2D eigenvalue weighted by Crippen LogP contribution is 2.49. The first-order chi connectivity index (χ1) is 17.0. The summed E-state index contributed by atoms with van der Waals surface area (Å²) in [5.41, 5.74) is 2.59. The number of nitrogens with one attached hydrogen (secondary N) is 1. The smallest absolute Gasteiger partial charge is 0.228 e. The zero-order chi connectivity index (χ0) is 24.5. The summed E-state index contributed by atoms with van der Waals surface area (Å²) in [4.78, 5) is 32.9. The maximum Gasteiger partial charge on any atom is 0.228 e. The highest BCUT2D eigenvalue weighted by molar-refractivity contribution is 7.16. The maximum absolute atomic E-state index is 13.0. The quantitative estimate of drug-likeness (QED) is 0.546. The van der Waals surface area contributed by atoms with Crippen molar-refractivity contribution in [1.82, 2.24) is 14.5 Å². The minimum absolute atomic E-state index is 0.0593. The molecule has 3 aromatic rings. The molecule has 9 heteroatoms. The third kappa shape index (κ3) is 4.66. The van der Waals surface area contributed by atoms with Gasteiger partial charge >= 0.3 is 0 Å². The van der Waals surface area contributed by atoms with E-state index in [4.69, 9.17) is 4.74 Å². The van der Waals surface area contributed by atoms with Crippen LogP contribution in [0.5, 0.6) is 5.75 Å². The average molecular weight is 490 g/mol. The molecule has 35 heavy (non-hydrogen) atoms. The van der Waals surface area contributed by atoms with Crippen LogP contribution in [-0.2, 0) is 36.0 Å². The number of ether oxygens (including phenoxy) is 1.